The molecule has 6 heteroatoms. The molecule has 0 atom stereocenters. The fraction of sp³-hybridized carbons (Fsp3) is 0.100. The van der Waals surface area contributed by atoms with Gasteiger partial charge in [0.15, 0.2) is 12.2 Å². The quantitative estimate of drug-likeness (QED) is 0.573. The van der Waals surface area contributed by atoms with Gasteiger partial charge in [-0.05, 0) is 42.3 Å². The molecule has 0 radical (unpaired) electrons. The highest BCUT2D eigenvalue weighted by Crippen LogP contribution is 2.20. The van der Waals surface area contributed by atoms with Gasteiger partial charge in [-0.2, -0.15) is 0 Å². The molecule has 4 rings (SSSR count). The predicted molar refractivity (Wildman–Crippen MR) is 96.2 cm³/mol. The van der Waals surface area contributed by atoms with Crippen LogP contribution < -0.4 is 5.32 Å². The number of H-pyrrole nitrogens is 1. The SMILES string of the molecule is O=C(NCCc1c[nH]c2cc(F)ccc12)c1ccc(-c2cnco2)cc1. The zero-order chi connectivity index (χ0) is 17.9. The van der Waals surface area contributed by atoms with Gasteiger partial charge in [-0.15, -0.1) is 0 Å². The molecule has 2 aromatic heterocycles. The van der Waals surface area contributed by atoms with Crippen LogP contribution in [0.4, 0.5) is 4.39 Å². The highest BCUT2D eigenvalue weighted by molar-refractivity contribution is 5.94. The Bertz CT molecular complexity index is 1040. The summed E-state index contributed by atoms with van der Waals surface area (Å²) >= 11 is 0. The summed E-state index contributed by atoms with van der Waals surface area (Å²) in [5.74, 6) is 0.251. The highest BCUT2D eigenvalue weighted by Gasteiger charge is 2.08. The van der Waals surface area contributed by atoms with Crippen molar-refractivity contribution in [1.29, 1.82) is 0 Å². The molecule has 0 aliphatic carbocycles. The molecule has 0 fully saturated rings. The molecule has 5 nitrogen and oxygen atoms in total. The number of hydrogen-bond donors (Lipinski definition) is 2. The number of aromatic nitrogens is 2. The monoisotopic (exact) mass is 349 g/mol. The summed E-state index contributed by atoms with van der Waals surface area (Å²) in [4.78, 5) is 19.2. The van der Waals surface area contributed by atoms with E-state index >= 15 is 0 Å². The summed E-state index contributed by atoms with van der Waals surface area (Å²) in [6.07, 6.45) is 5.51. The molecule has 0 bridgehead atoms. The first-order valence-electron chi connectivity index (χ1n) is 8.23. The third-order valence-electron chi connectivity index (χ3n) is 4.27. The van der Waals surface area contributed by atoms with Crippen molar-refractivity contribution in [2.75, 3.05) is 6.54 Å². The molecule has 4 aromatic rings. The third-order valence-corrected chi connectivity index (χ3v) is 4.27. The van der Waals surface area contributed by atoms with E-state index in [9.17, 15) is 9.18 Å². The first-order chi connectivity index (χ1) is 12.7. The lowest BCUT2D eigenvalue weighted by Crippen LogP contribution is -2.25. The number of fused-ring (bicyclic) bond motifs is 1. The van der Waals surface area contributed by atoms with Crippen LogP contribution in [0.15, 0.2) is 65.7 Å². The molecule has 0 aliphatic heterocycles. The molecule has 0 spiro atoms. The second-order valence-corrected chi connectivity index (χ2v) is 5.95. The second-order valence-electron chi connectivity index (χ2n) is 5.95. The zero-order valence-electron chi connectivity index (χ0n) is 13.8. The van der Waals surface area contributed by atoms with Crippen LogP contribution in [0.5, 0.6) is 0 Å². The second kappa shape index (κ2) is 6.84. The smallest absolute Gasteiger partial charge is 0.251 e. The highest BCUT2D eigenvalue weighted by atomic mass is 19.1. The predicted octanol–water partition coefficient (Wildman–Crippen LogP) is 3.93. The molecule has 26 heavy (non-hydrogen) atoms. The summed E-state index contributed by atoms with van der Waals surface area (Å²) in [6, 6.07) is 11.8. The van der Waals surface area contributed by atoms with E-state index in [1.807, 2.05) is 18.3 Å². The van der Waals surface area contributed by atoms with Crippen LogP contribution in [0.25, 0.3) is 22.2 Å². The number of amides is 1. The molecule has 130 valence electrons. The number of carbonyl (C=O) groups excluding carboxylic acids is 1. The molecular formula is C20H16FN3O2. The van der Waals surface area contributed by atoms with Crippen molar-refractivity contribution in [2.45, 2.75) is 6.42 Å². The molecule has 0 unspecified atom stereocenters. The van der Waals surface area contributed by atoms with Gasteiger partial charge in [0, 0.05) is 34.8 Å². The Morgan fingerprint density at radius 2 is 2.04 bits per heavy atom. The first-order valence-corrected chi connectivity index (χ1v) is 8.23. The van der Waals surface area contributed by atoms with Crippen molar-refractivity contribution < 1.29 is 13.6 Å². The van der Waals surface area contributed by atoms with Gasteiger partial charge in [0.25, 0.3) is 5.91 Å². The molecule has 2 heterocycles. The molecule has 0 aliphatic rings. The molecular weight excluding hydrogens is 333 g/mol. The van der Waals surface area contributed by atoms with Crippen molar-refractivity contribution in [3.05, 3.63) is 78.2 Å². The Morgan fingerprint density at radius 1 is 1.19 bits per heavy atom. The van der Waals surface area contributed by atoms with E-state index in [4.69, 9.17) is 4.42 Å². The van der Waals surface area contributed by atoms with E-state index in [1.54, 1.807) is 24.4 Å². The van der Waals surface area contributed by atoms with Gasteiger partial charge < -0.3 is 14.7 Å². The standard InChI is InChI=1S/C20H16FN3O2/c21-16-5-6-17-15(10-24-18(17)9-16)7-8-23-20(25)14-3-1-13(2-4-14)19-11-22-12-26-19/h1-6,9-12,24H,7-8H2,(H,23,25). The van der Waals surface area contributed by atoms with Crippen LogP contribution in [0, 0.1) is 5.82 Å². The fourth-order valence-corrected chi connectivity index (χ4v) is 2.92. The maximum Gasteiger partial charge on any atom is 0.251 e. The molecule has 0 saturated heterocycles. The number of halogens is 1. The number of carbonyl (C=O) groups is 1. The average Bonchev–Trinajstić information content (AvgIpc) is 3.32. The Labute approximate surface area is 148 Å². The van der Waals surface area contributed by atoms with E-state index < -0.39 is 0 Å². The number of aromatic amines is 1. The van der Waals surface area contributed by atoms with Gasteiger partial charge in [0.2, 0.25) is 0 Å². The van der Waals surface area contributed by atoms with Gasteiger partial charge in [0.1, 0.15) is 5.82 Å². The number of benzene rings is 2. The van der Waals surface area contributed by atoms with Crippen LogP contribution >= 0.6 is 0 Å². The van der Waals surface area contributed by atoms with E-state index in [-0.39, 0.29) is 11.7 Å². The summed E-state index contributed by atoms with van der Waals surface area (Å²) in [7, 11) is 0. The van der Waals surface area contributed by atoms with Gasteiger partial charge in [0.05, 0.1) is 6.20 Å². The molecule has 2 N–H and O–H groups in total. The number of nitrogens with zero attached hydrogens (tertiary/aromatic N) is 1. The summed E-state index contributed by atoms with van der Waals surface area (Å²) in [5, 5.41) is 3.87. The van der Waals surface area contributed by atoms with Crippen molar-refractivity contribution in [3.8, 4) is 11.3 Å². The number of oxazole rings is 1. The van der Waals surface area contributed by atoms with E-state index in [0.29, 0.717) is 24.3 Å². The summed E-state index contributed by atoms with van der Waals surface area (Å²) in [6.45, 7) is 0.493. The molecule has 0 saturated carbocycles. The van der Waals surface area contributed by atoms with Crippen molar-refractivity contribution in [1.82, 2.24) is 15.3 Å². The van der Waals surface area contributed by atoms with Gasteiger partial charge in [-0.1, -0.05) is 12.1 Å². The summed E-state index contributed by atoms with van der Waals surface area (Å²) in [5.41, 5.74) is 3.25. The van der Waals surface area contributed by atoms with Crippen molar-refractivity contribution in [2.24, 2.45) is 0 Å². The average molecular weight is 349 g/mol. The Balaban J connectivity index is 1.37. The van der Waals surface area contributed by atoms with E-state index in [1.165, 1.54) is 18.5 Å². The normalized spacial score (nSPS) is 11.0. The largest absolute Gasteiger partial charge is 0.444 e. The summed E-state index contributed by atoms with van der Waals surface area (Å²) < 4.78 is 18.5. The van der Waals surface area contributed by atoms with Gasteiger partial charge >= 0.3 is 0 Å². The van der Waals surface area contributed by atoms with Gasteiger partial charge in [-0.3, -0.25) is 4.79 Å². The van der Waals surface area contributed by atoms with Crippen molar-refractivity contribution in [3.63, 3.8) is 0 Å². The number of rotatable bonds is 5. The lowest BCUT2D eigenvalue weighted by molar-refractivity contribution is 0.0954. The van der Waals surface area contributed by atoms with Crippen LogP contribution in [0.3, 0.4) is 0 Å². The van der Waals surface area contributed by atoms with Gasteiger partial charge in [-0.25, -0.2) is 9.37 Å². The van der Waals surface area contributed by atoms with Crippen LogP contribution in [-0.4, -0.2) is 22.4 Å². The molecule has 1 amide bonds. The minimum absolute atomic E-state index is 0.139. The fourth-order valence-electron chi connectivity index (χ4n) is 2.92. The minimum Gasteiger partial charge on any atom is -0.444 e. The number of hydrogen-bond acceptors (Lipinski definition) is 3. The molecule has 2 aromatic carbocycles. The minimum atomic E-state index is -0.270. The lowest BCUT2D eigenvalue weighted by Gasteiger charge is -2.05. The third kappa shape index (κ3) is 3.21. The Kier molecular flexibility index (Phi) is 4.23. The zero-order valence-corrected chi connectivity index (χ0v) is 13.8. The van der Waals surface area contributed by atoms with Crippen LogP contribution in [0.2, 0.25) is 0 Å². The maximum atomic E-state index is 13.2. The Hall–Kier alpha value is -3.41. The topological polar surface area (TPSA) is 70.9 Å². The van der Waals surface area contributed by atoms with Crippen LogP contribution in [-0.2, 0) is 6.42 Å². The van der Waals surface area contributed by atoms with E-state index in [2.05, 4.69) is 15.3 Å². The van der Waals surface area contributed by atoms with Crippen molar-refractivity contribution >= 4 is 16.8 Å². The lowest BCUT2D eigenvalue weighted by atomic mass is 10.1. The first kappa shape index (κ1) is 16.1. The van der Waals surface area contributed by atoms with Crippen LogP contribution in [0.1, 0.15) is 15.9 Å². The maximum absolute atomic E-state index is 13.2. The Morgan fingerprint density at radius 3 is 2.81 bits per heavy atom. The van der Waals surface area contributed by atoms with E-state index in [0.717, 1.165) is 22.0 Å². The number of nitrogens with one attached hydrogen (secondary N) is 2.